The molecule has 2 fully saturated rings. The van der Waals surface area contributed by atoms with E-state index in [9.17, 15) is 0 Å². The van der Waals surface area contributed by atoms with Gasteiger partial charge in [-0.1, -0.05) is 0 Å². The summed E-state index contributed by atoms with van der Waals surface area (Å²) in [5, 5.41) is 6.90. The second-order valence-corrected chi connectivity index (χ2v) is 9.14. The lowest BCUT2D eigenvalue weighted by Crippen LogP contribution is -2.52. The summed E-state index contributed by atoms with van der Waals surface area (Å²) in [5.41, 5.74) is 10.1. The molecule has 4 N–H and O–H groups in total. The molecule has 0 radical (unpaired) electrons. The molecular formula is C25H32Cl2N10. The van der Waals surface area contributed by atoms with Crippen molar-refractivity contribution in [3.05, 3.63) is 55.2 Å². The summed E-state index contributed by atoms with van der Waals surface area (Å²) in [6.45, 7) is 6.69. The van der Waals surface area contributed by atoms with Crippen LogP contribution in [-0.2, 0) is 0 Å². The molecule has 0 atom stereocenters. The van der Waals surface area contributed by atoms with E-state index in [2.05, 4.69) is 59.7 Å². The third kappa shape index (κ3) is 5.88. The van der Waals surface area contributed by atoms with E-state index in [1.807, 2.05) is 16.8 Å². The molecule has 12 heteroatoms. The summed E-state index contributed by atoms with van der Waals surface area (Å²) in [6.07, 6.45) is 11.2. The largest absolute Gasteiger partial charge is 0.382 e. The average molecular weight is 544 g/mol. The number of nitrogens with one attached hydrogen (secondary N) is 2. The van der Waals surface area contributed by atoms with E-state index in [0.717, 1.165) is 56.6 Å². The van der Waals surface area contributed by atoms with Crippen LogP contribution in [0, 0.1) is 0 Å². The number of anilines is 4. The third-order valence-corrected chi connectivity index (χ3v) is 6.92. The summed E-state index contributed by atoms with van der Waals surface area (Å²) in [4.78, 5) is 22.9. The third-order valence-electron chi connectivity index (χ3n) is 6.92. The Balaban J connectivity index is 0.00000160. The minimum Gasteiger partial charge on any atom is -0.382 e. The van der Waals surface area contributed by atoms with Gasteiger partial charge < -0.3 is 25.7 Å². The number of imidazole rings is 1. The zero-order valence-electron chi connectivity index (χ0n) is 20.5. The van der Waals surface area contributed by atoms with E-state index in [1.165, 1.54) is 24.7 Å². The molecule has 6 rings (SSSR count). The van der Waals surface area contributed by atoms with Crippen LogP contribution >= 0.6 is 24.8 Å². The molecule has 196 valence electrons. The molecule has 0 saturated carbocycles. The maximum Gasteiger partial charge on any atom is 0.180 e. The molecule has 0 aliphatic carbocycles. The van der Waals surface area contributed by atoms with Crippen molar-refractivity contribution in [1.82, 2.24) is 34.6 Å². The van der Waals surface area contributed by atoms with Gasteiger partial charge in [-0.25, -0.2) is 15.0 Å². The van der Waals surface area contributed by atoms with Crippen LogP contribution in [0.3, 0.4) is 0 Å². The van der Waals surface area contributed by atoms with Gasteiger partial charge in [0.15, 0.2) is 11.5 Å². The van der Waals surface area contributed by atoms with E-state index in [-0.39, 0.29) is 24.8 Å². The Morgan fingerprint density at radius 1 is 0.919 bits per heavy atom. The SMILES string of the molecule is Cl.Cl.Nc1cncc(-c2cn3ccnc3c(Nc3ccc(N4CCN(C5CCNCC5)CC4)cc3)n2)n1. The van der Waals surface area contributed by atoms with Crippen LogP contribution in [0.15, 0.2) is 55.2 Å². The van der Waals surface area contributed by atoms with Crippen LogP contribution in [0.25, 0.3) is 17.0 Å². The van der Waals surface area contributed by atoms with Gasteiger partial charge in [-0.05, 0) is 50.2 Å². The van der Waals surface area contributed by atoms with Gasteiger partial charge in [-0.2, -0.15) is 0 Å². The van der Waals surface area contributed by atoms with Gasteiger partial charge in [0.05, 0.1) is 12.4 Å². The van der Waals surface area contributed by atoms with Gasteiger partial charge in [-0.3, -0.25) is 9.88 Å². The predicted octanol–water partition coefficient (Wildman–Crippen LogP) is 3.23. The summed E-state index contributed by atoms with van der Waals surface area (Å²) >= 11 is 0. The summed E-state index contributed by atoms with van der Waals surface area (Å²) in [5.74, 6) is 1.01. The lowest BCUT2D eigenvalue weighted by atomic mass is 10.0. The first kappa shape index (κ1) is 26.9. The molecule has 5 heterocycles. The highest BCUT2D eigenvalue weighted by Crippen LogP contribution is 2.26. The first-order valence-electron chi connectivity index (χ1n) is 12.2. The number of piperazine rings is 1. The van der Waals surface area contributed by atoms with Crippen LogP contribution in [0.1, 0.15) is 12.8 Å². The number of halogens is 2. The molecule has 0 spiro atoms. The zero-order valence-corrected chi connectivity index (χ0v) is 22.1. The molecule has 2 saturated heterocycles. The lowest BCUT2D eigenvalue weighted by Gasteiger charge is -2.41. The molecule has 2 aliphatic rings. The molecule has 4 aromatic rings. The smallest absolute Gasteiger partial charge is 0.180 e. The van der Waals surface area contributed by atoms with Crippen LogP contribution in [0.5, 0.6) is 0 Å². The number of rotatable bonds is 5. The number of hydrogen-bond donors (Lipinski definition) is 3. The molecule has 37 heavy (non-hydrogen) atoms. The van der Waals surface area contributed by atoms with Crippen molar-refractivity contribution in [3.63, 3.8) is 0 Å². The summed E-state index contributed by atoms with van der Waals surface area (Å²) in [6, 6.07) is 9.30. The number of benzene rings is 1. The fourth-order valence-electron chi connectivity index (χ4n) is 5.05. The van der Waals surface area contributed by atoms with Crippen molar-refractivity contribution in [1.29, 1.82) is 0 Å². The molecule has 10 nitrogen and oxygen atoms in total. The van der Waals surface area contributed by atoms with Gasteiger partial charge >= 0.3 is 0 Å². The van der Waals surface area contributed by atoms with Crippen molar-refractivity contribution in [3.8, 4) is 11.4 Å². The predicted molar refractivity (Wildman–Crippen MR) is 152 cm³/mol. The van der Waals surface area contributed by atoms with E-state index in [0.29, 0.717) is 23.0 Å². The summed E-state index contributed by atoms with van der Waals surface area (Å²) in [7, 11) is 0. The van der Waals surface area contributed by atoms with Crippen molar-refractivity contribution in [2.24, 2.45) is 0 Å². The van der Waals surface area contributed by atoms with Gasteiger partial charge in [0.2, 0.25) is 0 Å². The number of nitrogen functional groups attached to an aromatic ring is 1. The van der Waals surface area contributed by atoms with Crippen LogP contribution in [0.4, 0.5) is 23.0 Å². The molecule has 0 bridgehead atoms. The minimum atomic E-state index is 0. The molecular weight excluding hydrogens is 511 g/mol. The van der Waals surface area contributed by atoms with E-state index < -0.39 is 0 Å². The van der Waals surface area contributed by atoms with Crippen LogP contribution in [-0.4, -0.2) is 74.5 Å². The highest BCUT2D eigenvalue weighted by molar-refractivity contribution is 5.85. The standard InChI is InChI=1S/C25H30N10.2ClH/c26-23-16-28-15-21(31-23)22-17-35-10-9-29-25(35)24(32-22)30-18-1-3-19(4-2-18)33-11-13-34(14-12-33)20-5-7-27-8-6-20;;/h1-4,9-10,15-17,20,27H,5-8,11-14H2,(H2,26,31)(H,30,32);2*1H. The fourth-order valence-corrected chi connectivity index (χ4v) is 5.05. The van der Waals surface area contributed by atoms with Crippen LogP contribution < -0.4 is 21.3 Å². The molecule has 3 aromatic heterocycles. The highest BCUT2D eigenvalue weighted by Gasteiger charge is 2.25. The monoisotopic (exact) mass is 542 g/mol. The number of fused-ring (bicyclic) bond motifs is 1. The summed E-state index contributed by atoms with van der Waals surface area (Å²) < 4.78 is 1.92. The van der Waals surface area contributed by atoms with E-state index >= 15 is 0 Å². The van der Waals surface area contributed by atoms with Crippen LogP contribution in [0.2, 0.25) is 0 Å². The normalized spacial score (nSPS) is 16.7. The first-order valence-corrected chi connectivity index (χ1v) is 12.2. The second kappa shape index (κ2) is 11.9. The van der Waals surface area contributed by atoms with E-state index in [4.69, 9.17) is 10.7 Å². The average Bonchev–Trinajstić information content (AvgIpc) is 3.39. The lowest BCUT2D eigenvalue weighted by molar-refractivity contribution is 0.153. The zero-order chi connectivity index (χ0) is 23.6. The van der Waals surface area contributed by atoms with Crippen molar-refractivity contribution >= 4 is 53.5 Å². The number of piperidine rings is 1. The Labute approximate surface area is 228 Å². The Bertz CT molecular complexity index is 1300. The topological polar surface area (TPSA) is 113 Å². The number of nitrogens with two attached hydrogens (primary N) is 1. The van der Waals surface area contributed by atoms with Gasteiger partial charge in [-0.15, -0.1) is 24.8 Å². The van der Waals surface area contributed by atoms with Crippen molar-refractivity contribution < 1.29 is 0 Å². The van der Waals surface area contributed by atoms with Gasteiger partial charge in [0, 0.05) is 62.2 Å². The minimum absolute atomic E-state index is 0. The Kier molecular flexibility index (Phi) is 8.65. The van der Waals surface area contributed by atoms with Gasteiger partial charge in [0.1, 0.15) is 17.2 Å². The van der Waals surface area contributed by atoms with E-state index in [1.54, 1.807) is 12.4 Å². The van der Waals surface area contributed by atoms with Gasteiger partial charge in [0.25, 0.3) is 0 Å². The van der Waals surface area contributed by atoms with Crippen molar-refractivity contribution in [2.45, 2.75) is 18.9 Å². The molecule has 0 amide bonds. The maximum atomic E-state index is 5.83. The van der Waals surface area contributed by atoms with Crippen molar-refractivity contribution in [2.75, 3.05) is 55.2 Å². The Morgan fingerprint density at radius 3 is 2.41 bits per heavy atom. The first-order chi connectivity index (χ1) is 17.2. The number of nitrogens with zero attached hydrogens (tertiary/aromatic N) is 7. The Morgan fingerprint density at radius 2 is 1.68 bits per heavy atom. The quantitative estimate of drug-likeness (QED) is 0.349. The second-order valence-electron chi connectivity index (χ2n) is 9.14. The molecule has 0 unspecified atom stereocenters. The number of hydrogen-bond acceptors (Lipinski definition) is 9. The highest BCUT2D eigenvalue weighted by atomic mass is 35.5. The maximum absolute atomic E-state index is 5.83. The number of aromatic nitrogens is 5. The fraction of sp³-hybridized carbons (Fsp3) is 0.360. The molecule has 1 aromatic carbocycles. The Hall–Kier alpha value is -3.18. The molecule has 2 aliphatic heterocycles.